The van der Waals surface area contributed by atoms with Crippen molar-refractivity contribution in [3.8, 4) is 5.75 Å². The fourth-order valence-electron chi connectivity index (χ4n) is 2.66. The number of phenols is 1. The first-order valence-corrected chi connectivity index (χ1v) is 7.23. The Kier molecular flexibility index (Phi) is 3.01. The molecule has 0 saturated carbocycles. The number of carbonyl (C=O) groups is 1. The smallest absolute Gasteiger partial charge is 0.259 e. The Balaban J connectivity index is 1.81. The molecular weight excluding hydrogens is 290 g/mol. The largest absolute Gasteiger partial charge is 0.507 e. The number of carbonyl (C=O) groups excluding carboxylic acids is 1. The van der Waals surface area contributed by atoms with Gasteiger partial charge in [-0.25, -0.2) is 0 Å². The number of nitrogens with one attached hydrogen (secondary N) is 1. The number of benzene rings is 3. The number of amides is 1. The number of rotatable bonds is 2. The first kappa shape index (κ1) is 13.4. The van der Waals surface area contributed by atoms with Crippen LogP contribution < -0.4 is 5.32 Å². The van der Waals surface area contributed by atoms with Crippen LogP contribution in [0.4, 0.5) is 5.69 Å². The van der Waals surface area contributed by atoms with Gasteiger partial charge in [0.25, 0.3) is 5.91 Å². The van der Waals surface area contributed by atoms with Gasteiger partial charge in [-0.2, -0.15) is 0 Å². The quantitative estimate of drug-likeness (QED) is 0.571. The van der Waals surface area contributed by atoms with Crippen molar-refractivity contribution in [1.29, 1.82) is 0 Å². The molecule has 0 spiro atoms. The molecule has 1 heterocycles. The van der Waals surface area contributed by atoms with Crippen LogP contribution in [0.1, 0.15) is 10.4 Å². The Morgan fingerprint density at radius 2 is 1.61 bits per heavy atom. The number of para-hydroxylation sites is 2. The van der Waals surface area contributed by atoms with Crippen molar-refractivity contribution in [2.45, 2.75) is 0 Å². The molecule has 112 valence electrons. The van der Waals surface area contributed by atoms with Crippen LogP contribution in [0.15, 0.2) is 71.1 Å². The number of hydrogen-bond donors (Lipinski definition) is 2. The van der Waals surface area contributed by atoms with Crippen LogP contribution in [-0.4, -0.2) is 11.0 Å². The van der Waals surface area contributed by atoms with E-state index in [1.807, 2.05) is 42.5 Å². The Morgan fingerprint density at radius 3 is 2.43 bits per heavy atom. The summed E-state index contributed by atoms with van der Waals surface area (Å²) in [7, 11) is 0. The van der Waals surface area contributed by atoms with E-state index < -0.39 is 0 Å². The molecule has 0 saturated heterocycles. The number of fused-ring (bicyclic) bond motifs is 3. The fraction of sp³-hybridized carbons (Fsp3) is 0. The molecule has 1 amide bonds. The van der Waals surface area contributed by atoms with E-state index in [1.54, 1.807) is 18.2 Å². The van der Waals surface area contributed by atoms with Crippen LogP contribution in [0.5, 0.6) is 5.75 Å². The minimum Gasteiger partial charge on any atom is -0.507 e. The summed E-state index contributed by atoms with van der Waals surface area (Å²) in [4.78, 5) is 12.4. The van der Waals surface area contributed by atoms with Gasteiger partial charge in [0.15, 0.2) is 0 Å². The Labute approximate surface area is 132 Å². The number of anilines is 1. The molecule has 4 rings (SSSR count). The lowest BCUT2D eigenvalue weighted by Crippen LogP contribution is -2.11. The summed E-state index contributed by atoms with van der Waals surface area (Å²) in [6, 6.07) is 19.8. The average Bonchev–Trinajstić information content (AvgIpc) is 2.92. The van der Waals surface area contributed by atoms with Crippen LogP contribution >= 0.6 is 0 Å². The second-order valence-corrected chi connectivity index (χ2v) is 5.28. The molecule has 0 radical (unpaired) electrons. The van der Waals surface area contributed by atoms with Gasteiger partial charge in [-0.3, -0.25) is 4.79 Å². The van der Waals surface area contributed by atoms with Gasteiger partial charge in [-0.15, -0.1) is 0 Å². The predicted molar refractivity (Wildman–Crippen MR) is 89.8 cm³/mol. The molecule has 23 heavy (non-hydrogen) atoms. The SMILES string of the molecule is O=C(Nc1ccccc1)c1cc2c(cc1O)oc1ccccc12. The van der Waals surface area contributed by atoms with Crippen LogP contribution in [0.2, 0.25) is 0 Å². The molecule has 3 aromatic carbocycles. The van der Waals surface area contributed by atoms with Gasteiger partial charge in [0, 0.05) is 22.5 Å². The van der Waals surface area contributed by atoms with Crippen LogP contribution in [0.3, 0.4) is 0 Å². The minimum absolute atomic E-state index is 0.106. The van der Waals surface area contributed by atoms with Crippen molar-refractivity contribution in [3.05, 3.63) is 72.3 Å². The van der Waals surface area contributed by atoms with E-state index in [-0.39, 0.29) is 17.2 Å². The van der Waals surface area contributed by atoms with Gasteiger partial charge in [-0.1, -0.05) is 36.4 Å². The Morgan fingerprint density at radius 1 is 0.870 bits per heavy atom. The van der Waals surface area contributed by atoms with E-state index in [4.69, 9.17) is 4.42 Å². The number of phenolic OH excluding ortho intramolecular Hbond substituents is 1. The molecule has 4 nitrogen and oxygen atoms in total. The van der Waals surface area contributed by atoms with Gasteiger partial charge in [0.1, 0.15) is 16.9 Å². The molecule has 2 N–H and O–H groups in total. The Hall–Kier alpha value is -3.27. The van der Waals surface area contributed by atoms with E-state index in [0.29, 0.717) is 11.3 Å². The minimum atomic E-state index is -0.360. The van der Waals surface area contributed by atoms with Crippen LogP contribution in [-0.2, 0) is 0 Å². The van der Waals surface area contributed by atoms with Crippen molar-refractivity contribution in [2.75, 3.05) is 5.32 Å². The first-order chi connectivity index (χ1) is 11.2. The molecule has 0 aliphatic rings. The summed E-state index contributed by atoms with van der Waals surface area (Å²) < 4.78 is 5.69. The number of furan rings is 1. The molecule has 0 fully saturated rings. The molecule has 0 aliphatic carbocycles. The van der Waals surface area contributed by atoms with E-state index in [0.717, 1.165) is 16.4 Å². The molecule has 0 bridgehead atoms. The monoisotopic (exact) mass is 303 g/mol. The van der Waals surface area contributed by atoms with Crippen molar-refractivity contribution in [3.63, 3.8) is 0 Å². The highest BCUT2D eigenvalue weighted by Crippen LogP contribution is 2.33. The summed E-state index contributed by atoms with van der Waals surface area (Å²) in [6.45, 7) is 0. The molecule has 0 atom stereocenters. The molecule has 4 heteroatoms. The highest BCUT2D eigenvalue weighted by molar-refractivity contribution is 6.12. The van der Waals surface area contributed by atoms with Crippen molar-refractivity contribution in [2.24, 2.45) is 0 Å². The second kappa shape index (κ2) is 5.18. The molecule has 1 aromatic heterocycles. The average molecular weight is 303 g/mol. The van der Waals surface area contributed by atoms with Gasteiger partial charge in [0.05, 0.1) is 5.56 Å². The topological polar surface area (TPSA) is 62.5 Å². The summed E-state index contributed by atoms with van der Waals surface area (Å²) in [5.74, 6) is -0.467. The van der Waals surface area contributed by atoms with E-state index in [1.165, 1.54) is 6.07 Å². The normalized spacial score (nSPS) is 11.0. The zero-order valence-corrected chi connectivity index (χ0v) is 12.1. The molecule has 0 unspecified atom stereocenters. The van der Waals surface area contributed by atoms with Gasteiger partial charge in [-0.05, 0) is 24.3 Å². The molecule has 0 aliphatic heterocycles. The third-order valence-electron chi connectivity index (χ3n) is 3.77. The third-order valence-corrected chi connectivity index (χ3v) is 3.77. The van der Waals surface area contributed by atoms with E-state index >= 15 is 0 Å². The highest BCUT2D eigenvalue weighted by Gasteiger charge is 2.16. The highest BCUT2D eigenvalue weighted by atomic mass is 16.3. The lowest BCUT2D eigenvalue weighted by molar-refractivity contribution is 0.102. The standard InChI is InChI=1S/C19H13NO3/c21-16-11-18-14(13-8-4-5-9-17(13)23-18)10-15(16)19(22)20-12-6-2-1-3-7-12/h1-11,21H,(H,20,22). The number of aromatic hydroxyl groups is 1. The van der Waals surface area contributed by atoms with E-state index in [9.17, 15) is 9.90 Å². The zero-order valence-electron chi connectivity index (χ0n) is 12.1. The third kappa shape index (κ3) is 2.30. The summed E-state index contributed by atoms with van der Waals surface area (Å²) in [5.41, 5.74) is 2.17. The van der Waals surface area contributed by atoms with Crippen molar-refractivity contribution >= 4 is 33.5 Å². The van der Waals surface area contributed by atoms with E-state index in [2.05, 4.69) is 5.32 Å². The summed E-state index contributed by atoms with van der Waals surface area (Å²) in [5, 5.41) is 14.7. The molecular formula is C19H13NO3. The fourth-order valence-corrected chi connectivity index (χ4v) is 2.66. The lowest BCUT2D eigenvalue weighted by atomic mass is 10.1. The predicted octanol–water partition coefficient (Wildman–Crippen LogP) is 4.54. The van der Waals surface area contributed by atoms with Gasteiger partial charge >= 0.3 is 0 Å². The maximum Gasteiger partial charge on any atom is 0.259 e. The summed E-state index contributed by atoms with van der Waals surface area (Å²) in [6.07, 6.45) is 0. The van der Waals surface area contributed by atoms with Crippen LogP contribution in [0, 0.1) is 0 Å². The first-order valence-electron chi connectivity index (χ1n) is 7.23. The number of hydrogen-bond acceptors (Lipinski definition) is 3. The maximum absolute atomic E-state index is 12.4. The second-order valence-electron chi connectivity index (χ2n) is 5.28. The van der Waals surface area contributed by atoms with Gasteiger partial charge in [0.2, 0.25) is 0 Å². The van der Waals surface area contributed by atoms with Crippen LogP contribution in [0.25, 0.3) is 21.9 Å². The summed E-state index contributed by atoms with van der Waals surface area (Å²) >= 11 is 0. The van der Waals surface area contributed by atoms with Gasteiger partial charge < -0.3 is 14.8 Å². The maximum atomic E-state index is 12.4. The van der Waals surface area contributed by atoms with Crippen molar-refractivity contribution < 1.29 is 14.3 Å². The zero-order chi connectivity index (χ0) is 15.8. The van der Waals surface area contributed by atoms with Crippen molar-refractivity contribution in [1.82, 2.24) is 0 Å². The molecule has 4 aromatic rings. The lowest BCUT2D eigenvalue weighted by Gasteiger charge is -2.07. The Bertz CT molecular complexity index is 1020.